The molecule has 0 aliphatic heterocycles. The molecule has 0 N–H and O–H groups in total. The molecule has 2 rings (SSSR count). The van der Waals surface area contributed by atoms with E-state index >= 15 is 0 Å². The molecule has 0 atom stereocenters. The van der Waals surface area contributed by atoms with Crippen LogP contribution in [0, 0.1) is 11.8 Å². The Morgan fingerprint density at radius 2 is 1.90 bits per heavy atom. The van der Waals surface area contributed by atoms with Gasteiger partial charge in [0.15, 0.2) is 0 Å². The first-order chi connectivity index (χ1) is 10.2. The Labute approximate surface area is 130 Å². The van der Waals surface area contributed by atoms with Gasteiger partial charge in [-0.25, -0.2) is 0 Å². The predicted molar refractivity (Wildman–Crippen MR) is 88.0 cm³/mol. The van der Waals surface area contributed by atoms with E-state index in [-0.39, 0.29) is 5.78 Å². The fraction of sp³-hybridized carbons (Fsp3) is 0.105. The maximum absolute atomic E-state index is 11.7. The van der Waals surface area contributed by atoms with Crippen molar-refractivity contribution in [2.75, 3.05) is 0 Å². The average molecular weight is 295 g/mol. The molecule has 2 aromatic carbocycles. The largest absolute Gasteiger partial charge is 0.285 e. The molecule has 21 heavy (non-hydrogen) atoms. The van der Waals surface area contributed by atoms with Crippen LogP contribution in [0.4, 0.5) is 0 Å². The highest BCUT2D eigenvalue weighted by atomic mass is 35.5. The Balaban J connectivity index is 1.81. The van der Waals surface area contributed by atoms with Gasteiger partial charge in [-0.05, 0) is 42.2 Å². The second-order valence-corrected chi connectivity index (χ2v) is 4.97. The molecule has 0 fully saturated rings. The summed E-state index contributed by atoms with van der Waals surface area (Å²) in [6.45, 7) is 0. The summed E-state index contributed by atoms with van der Waals surface area (Å²) in [4.78, 5) is 11.7. The molecule has 0 radical (unpaired) electrons. The third-order valence-electron chi connectivity index (χ3n) is 2.82. The van der Waals surface area contributed by atoms with Crippen LogP contribution in [0.3, 0.4) is 0 Å². The summed E-state index contributed by atoms with van der Waals surface area (Å²) < 4.78 is 0. The van der Waals surface area contributed by atoms with Gasteiger partial charge in [-0.3, -0.25) is 4.79 Å². The van der Waals surface area contributed by atoms with Crippen molar-refractivity contribution in [3.05, 3.63) is 76.8 Å². The van der Waals surface area contributed by atoms with Crippen LogP contribution in [-0.2, 0) is 4.79 Å². The lowest BCUT2D eigenvalue weighted by Gasteiger charge is -1.94. The minimum atomic E-state index is -0.0467. The molecule has 0 unspecified atom stereocenters. The molecular weight excluding hydrogens is 280 g/mol. The van der Waals surface area contributed by atoms with Crippen molar-refractivity contribution in [3.8, 4) is 11.8 Å². The zero-order valence-electron chi connectivity index (χ0n) is 11.6. The molecule has 1 nitrogen and oxygen atoms in total. The summed E-state index contributed by atoms with van der Waals surface area (Å²) in [6.07, 6.45) is 5.03. The van der Waals surface area contributed by atoms with Gasteiger partial charge in [0, 0.05) is 17.0 Å². The van der Waals surface area contributed by atoms with E-state index in [1.54, 1.807) is 0 Å². The van der Waals surface area contributed by atoms with Gasteiger partial charge in [-0.1, -0.05) is 60.0 Å². The molecule has 2 heteroatoms. The van der Waals surface area contributed by atoms with E-state index in [0.29, 0.717) is 17.9 Å². The number of ketones is 1. The van der Waals surface area contributed by atoms with E-state index in [1.165, 1.54) is 0 Å². The van der Waals surface area contributed by atoms with Gasteiger partial charge in [-0.15, -0.1) is 0 Å². The van der Waals surface area contributed by atoms with Crippen LogP contribution in [0.1, 0.15) is 24.0 Å². The van der Waals surface area contributed by atoms with Gasteiger partial charge in [0.1, 0.15) is 0 Å². The molecule has 0 saturated heterocycles. The minimum absolute atomic E-state index is 0.0467. The number of hydrogen-bond donors (Lipinski definition) is 0. The monoisotopic (exact) mass is 294 g/mol. The summed E-state index contributed by atoms with van der Waals surface area (Å²) in [6, 6.07) is 17.1. The standard InChI is InChI=1S/C19H15ClO/c20-18-11-6-10-17(15-18)9-4-5-12-19(21)14-13-16-7-2-1-3-8-16/h1-4,6-11,15H,5,12H2. The summed E-state index contributed by atoms with van der Waals surface area (Å²) >= 11 is 5.90. The van der Waals surface area contributed by atoms with E-state index in [0.717, 1.165) is 11.1 Å². The molecule has 0 spiro atoms. The summed E-state index contributed by atoms with van der Waals surface area (Å²) in [5.41, 5.74) is 1.89. The van der Waals surface area contributed by atoms with Crippen LogP contribution in [0.15, 0.2) is 60.7 Å². The second-order valence-electron chi connectivity index (χ2n) is 4.54. The first kappa shape index (κ1) is 15.1. The number of carbonyl (C=O) groups excluding carboxylic acids is 1. The topological polar surface area (TPSA) is 17.1 Å². The smallest absolute Gasteiger partial charge is 0.206 e. The van der Waals surface area contributed by atoms with Crippen molar-refractivity contribution >= 4 is 23.5 Å². The van der Waals surface area contributed by atoms with E-state index in [1.807, 2.05) is 66.7 Å². The van der Waals surface area contributed by atoms with Crippen molar-refractivity contribution < 1.29 is 4.79 Å². The average Bonchev–Trinajstić information content (AvgIpc) is 2.51. The van der Waals surface area contributed by atoms with Crippen molar-refractivity contribution in [1.29, 1.82) is 0 Å². The Morgan fingerprint density at radius 1 is 1.10 bits per heavy atom. The highest BCUT2D eigenvalue weighted by molar-refractivity contribution is 6.30. The zero-order chi connectivity index (χ0) is 14.9. The van der Waals surface area contributed by atoms with Gasteiger partial charge in [0.25, 0.3) is 0 Å². The molecule has 0 saturated carbocycles. The summed E-state index contributed by atoms with van der Waals surface area (Å²) in [5.74, 6) is 5.49. The lowest BCUT2D eigenvalue weighted by atomic mass is 10.1. The van der Waals surface area contributed by atoms with Gasteiger partial charge in [-0.2, -0.15) is 0 Å². The number of rotatable bonds is 4. The van der Waals surface area contributed by atoms with Crippen molar-refractivity contribution in [3.63, 3.8) is 0 Å². The van der Waals surface area contributed by atoms with Gasteiger partial charge in [0.05, 0.1) is 0 Å². The molecule has 0 bridgehead atoms. The van der Waals surface area contributed by atoms with Crippen molar-refractivity contribution in [2.45, 2.75) is 12.8 Å². The number of hydrogen-bond acceptors (Lipinski definition) is 1. The molecule has 0 aliphatic carbocycles. The van der Waals surface area contributed by atoms with Gasteiger partial charge < -0.3 is 0 Å². The Kier molecular flexibility index (Phi) is 5.82. The number of carbonyl (C=O) groups is 1. The van der Waals surface area contributed by atoms with Crippen LogP contribution >= 0.6 is 11.6 Å². The highest BCUT2D eigenvalue weighted by Crippen LogP contribution is 2.12. The molecule has 0 aliphatic rings. The van der Waals surface area contributed by atoms with Gasteiger partial charge >= 0.3 is 0 Å². The third-order valence-corrected chi connectivity index (χ3v) is 3.05. The molecule has 0 heterocycles. The van der Waals surface area contributed by atoms with E-state index < -0.39 is 0 Å². The molecular formula is C19H15ClO. The third kappa shape index (κ3) is 5.69. The van der Waals surface area contributed by atoms with Crippen molar-refractivity contribution in [2.24, 2.45) is 0 Å². The van der Waals surface area contributed by atoms with E-state index in [4.69, 9.17) is 11.6 Å². The number of halogens is 1. The van der Waals surface area contributed by atoms with E-state index in [2.05, 4.69) is 11.8 Å². The van der Waals surface area contributed by atoms with Crippen LogP contribution in [-0.4, -0.2) is 5.78 Å². The van der Waals surface area contributed by atoms with Crippen LogP contribution in [0.5, 0.6) is 0 Å². The molecule has 104 valence electrons. The molecule has 2 aromatic rings. The predicted octanol–water partition coefficient (Wildman–Crippen LogP) is 4.75. The number of benzene rings is 2. The first-order valence-corrected chi connectivity index (χ1v) is 7.14. The quantitative estimate of drug-likeness (QED) is 0.743. The molecule has 0 aromatic heterocycles. The minimum Gasteiger partial charge on any atom is -0.285 e. The maximum atomic E-state index is 11.7. The Bertz CT molecular complexity index is 690. The van der Waals surface area contributed by atoms with Crippen molar-refractivity contribution in [1.82, 2.24) is 0 Å². The Morgan fingerprint density at radius 3 is 2.67 bits per heavy atom. The normalized spacial score (nSPS) is 10.1. The maximum Gasteiger partial charge on any atom is 0.206 e. The zero-order valence-corrected chi connectivity index (χ0v) is 12.3. The lowest BCUT2D eigenvalue weighted by Crippen LogP contribution is -1.91. The molecule has 0 amide bonds. The summed E-state index contributed by atoms with van der Waals surface area (Å²) in [7, 11) is 0. The van der Waals surface area contributed by atoms with E-state index in [9.17, 15) is 4.79 Å². The first-order valence-electron chi connectivity index (χ1n) is 6.76. The SMILES string of the molecule is O=C(C#Cc1ccccc1)CCC=Cc1cccc(Cl)c1. The number of Topliss-reactive ketones (excluding diaryl/α,β-unsaturated/α-hetero) is 1. The summed E-state index contributed by atoms with van der Waals surface area (Å²) in [5, 5.41) is 0.710. The fourth-order valence-electron chi connectivity index (χ4n) is 1.77. The fourth-order valence-corrected chi connectivity index (χ4v) is 1.97. The number of allylic oxidation sites excluding steroid dienone is 1. The lowest BCUT2D eigenvalue weighted by molar-refractivity contribution is -0.113. The van der Waals surface area contributed by atoms with Crippen LogP contribution in [0.2, 0.25) is 5.02 Å². The van der Waals surface area contributed by atoms with Crippen LogP contribution in [0.25, 0.3) is 6.08 Å². The highest BCUT2D eigenvalue weighted by Gasteiger charge is 1.95. The Hall–Kier alpha value is -2.30. The second kappa shape index (κ2) is 8.09. The van der Waals surface area contributed by atoms with Gasteiger partial charge in [0.2, 0.25) is 5.78 Å². The van der Waals surface area contributed by atoms with Crippen LogP contribution < -0.4 is 0 Å².